The summed E-state index contributed by atoms with van der Waals surface area (Å²) in [6.45, 7) is 1.78. The average molecular weight is 288 g/mol. The average Bonchev–Trinajstić information content (AvgIpc) is 2.93. The van der Waals surface area contributed by atoms with Crippen molar-refractivity contribution < 1.29 is 18.4 Å². The first kappa shape index (κ1) is 13.2. The number of aromatic hydroxyl groups is 1. The highest BCUT2D eigenvalue weighted by molar-refractivity contribution is 5.66. The molecule has 0 unspecified atom stereocenters. The van der Waals surface area contributed by atoms with E-state index >= 15 is 0 Å². The van der Waals surface area contributed by atoms with E-state index in [1.165, 1.54) is 18.2 Å². The minimum absolute atomic E-state index is 0.0364. The maximum Gasteiger partial charge on any atom is 0.262 e. The van der Waals surface area contributed by atoms with Crippen LogP contribution >= 0.6 is 0 Å². The third kappa shape index (κ3) is 2.47. The molecule has 0 aliphatic carbocycles. The van der Waals surface area contributed by atoms with Gasteiger partial charge in [0.05, 0.1) is 5.56 Å². The van der Waals surface area contributed by atoms with Crippen molar-refractivity contribution in [3.05, 3.63) is 53.6 Å². The first-order valence-corrected chi connectivity index (χ1v) is 6.14. The van der Waals surface area contributed by atoms with Crippen LogP contribution in [0.2, 0.25) is 0 Å². The predicted octanol–water partition coefficient (Wildman–Crippen LogP) is 3.70. The Morgan fingerprint density at radius 3 is 2.43 bits per heavy atom. The Kier molecular flexibility index (Phi) is 3.13. The summed E-state index contributed by atoms with van der Waals surface area (Å²) in [6, 6.07) is 7.62. The fourth-order valence-electron chi connectivity index (χ4n) is 1.96. The first-order chi connectivity index (χ1) is 10.0. The van der Waals surface area contributed by atoms with E-state index in [0.29, 0.717) is 5.56 Å². The Morgan fingerprint density at radius 1 is 1.00 bits per heavy atom. The molecule has 0 amide bonds. The largest absolute Gasteiger partial charge is 0.507 e. The molecule has 1 N–H and O–H groups in total. The third-order valence-electron chi connectivity index (χ3n) is 3.06. The SMILES string of the molecule is Cc1ccc(F)cc1-c1noc(-c2cc(F)ccc2O)n1. The summed E-state index contributed by atoms with van der Waals surface area (Å²) in [4.78, 5) is 4.08. The summed E-state index contributed by atoms with van der Waals surface area (Å²) >= 11 is 0. The lowest BCUT2D eigenvalue weighted by Crippen LogP contribution is -1.88. The van der Waals surface area contributed by atoms with Crippen molar-refractivity contribution in [2.24, 2.45) is 0 Å². The van der Waals surface area contributed by atoms with Gasteiger partial charge in [-0.1, -0.05) is 11.2 Å². The number of rotatable bonds is 2. The van der Waals surface area contributed by atoms with Crippen LogP contribution in [-0.2, 0) is 0 Å². The van der Waals surface area contributed by atoms with Gasteiger partial charge in [0.1, 0.15) is 17.4 Å². The van der Waals surface area contributed by atoms with E-state index in [1.54, 1.807) is 13.0 Å². The zero-order valence-corrected chi connectivity index (χ0v) is 11.0. The molecule has 2 aromatic carbocycles. The van der Waals surface area contributed by atoms with Crippen LogP contribution in [-0.4, -0.2) is 15.2 Å². The molecule has 0 spiro atoms. The van der Waals surface area contributed by atoms with Gasteiger partial charge < -0.3 is 9.63 Å². The van der Waals surface area contributed by atoms with Crippen LogP contribution < -0.4 is 0 Å². The minimum Gasteiger partial charge on any atom is -0.507 e. The number of phenols is 1. The maximum absolute atomic E-state index is 13.3. The zero-order valence-electron chi connectivity index (χ0n) is 11.0. The van der Waals surface area contributed by atoms with Crippen molar-refractivity contribution in [3.8, 4) is 28.6 Å². The van der Waals surface area contributed by atoms with Crippen LogP contribution in [0.1, 0.15) is 5.56 Å². The molecule has 0 bridgehead atoms. The Labute approximate surface area is 118 Å². The molecule has 21 heavy (non-hydrogen) atoms. The monoisotopic (exact) mass is 288 g/mol. The Bertz CT molecular complexity index is 749. The third-order valence-corrected chi connectivity index (χ3v) is 3.06. The normalized spacial score (nSPS) is 10.8. The lowest BCUT2D eigenvalue weighted by atomic mass is 10.1. The highest BCUT2D eigenvalue weighted by atomic mass is 19.1. The smallest absolute Gasteiger partial charge is 0.262 e. The fraction of sp³-hybridized carbons (Fsp3) is 0.0667. The van der Waals surface area contributed by atoms with Crippen molar-refractivity contribution in [1.82, 2.24) is 10.1 Å². The first-order valence-electron chi connectivity index (χ1n) is 6.14. The Balaban J connectivity index is 2.08. The van der Waals surface area contributed by atoms with Crippen LogP contribution in [0, 0.1) is 18.6 Å². The molecular formula is C15H10F2N2O2. The second-order valence-corrected chi connectivity index (χ2v) is 4.54. The van der Waals surface area contributed by atoms with E-state index in [1.807, 2.05) is 0 Å². The maximum atomic E-state index is 13.3. The van der Waals surface area contributed by atoms with Crippen LogP contribution in [0.25, 0.3) is 22.8 Å². The summed E-state index contributed by atoms with van der Waals surface area (Å²) in [5.74, 6) is -1.00. The molecule has 1 aromatic heterocycles. The molecule has 0 atom stereocenters. The number of halogens is 2. The van der Waals surface area contributed by atoms with E-state index in [0.717, 1.165) is 17.7 Å². The van der Waals surface area contributed by atoms with Gasteiger partial charge in [0.15, 0.2) is 0 Å². The molecule has 1 heterocycles. The molecular weight excluding hydrogens is 278 g/mol. The van der Waals surface area contributed by atoms with Gasteiger partial charge >= 0.3 is 0 Å². The second kappa shape index (κ2) is 4.97. The summed E-state index contributed by atoms with van der Waals surface area (Å²) in [6.07, 6.45) is 0. The van der Waals surface area contributed by atoms with Crippen LogP contribution in [0.4, 0.5) is 8.78 Å². The molecule has 0 aliphatic rings. The van der Waals surface area contributed by atoms with Crippen molar-refractivity contribution >= 4 is 0 Å². The summed E-state index contributed by atoms with van der Waals surface area (Å²) in [5, 5.41) is 13.5. The van der Waals surface area contributed by atoms with Gasteiger partial charge in [0, 0.05) is 5.56 Å². The number of aromatic nitrogens is 2. The van der Waals surface area contributed by atoms with E-state index < -0.39 is 11.6 Å². The number of aryl methyl sites for hydroxylation is 1. The van der Waals surface area contributed by atoms with Gasteiger partial charge in [0.2, 0.25) is 5.82 Å². The quantitative estimate of drug-likeness (QED) is 0.781. The molecule has 3 aromatic rings. The lowest BCUT2D eigenvalue weighted by Gasteiger charge is -2.00. The van der Waals surface area contributed by atoms with E-state index in [9.17, 15) is 13.9 Å². The van der Waals surface area contributed by atoms with Gasteiger partial charge in [-0.25, -0.2) is 8.78 Å². The van der Waals surface area contributed by atoms with Gasteiger partial charge in [-0.3, -0.25) is 0 Å². The summed E-state index contributed by atoms with van der Waals surface area (Å²) in [7, 11) is 0. The Hall–Kier alpha value is -2.76. The summed E-state index contributed by atoms with van der Waals surface area (Å²) in [5.41, 5.74) is 1.33. The number of phenolic OH excluding ortho intramolecular Hbond substituents is 1. The van der Waals surface area contributed by atoms with E-state index in [-0.39, 0.29) is 23.0 Å². The van der Waals surface area contributed by atoms with Gasteiger partial charge in [-0.2, -0.15) is 4.98 Å². The lowest BCUT2D eigenvalue weighted by molar-refractivity contribution is 0.425. The van der Waals surface area contributed by atoms with Gasteiger partial charge in [-0.05, 0) is 42.8 Å². The molecule has 3 rings (SSSR count). The molecule has 106 valence electrons. The van der Waals surface area contributed by atoms with Crippen molar-refractivity contribution in [1.29, 1.82) is 0 Å². The van der Waals surface area contributed by atoms with Crippen molar-refractivity contribution in [3.63, 3.8) is 0 Å². The fourth-order valence-corrected chi connectivity index (χ4v) is 1.96. The molecule has 0 fully saturated rings. The molecule has 0 aliphatic heterocycles. The van der Waals surface area contributed by atoms with E-state index in [2.05, 4.69) is 10.1 Å². The summed E-state index contributed by atoms with van der Waals surface area (Å²) < 4.78 is 31.6. The number of nitrogens with zero attached hydrogens (tertiary/aromatic N) is 2. The Morgan fingerprint density at radius 2 is 1.67 bits per heavy atom. The number of hydrogen-bond donors (Lipinski definition) is 1. The molecule has 6 heteroatoms. The highest BCUT2D eigenvalue weighted by Crippen LogP contribution is 2.30. The molecule has 4 nitrogen and oxygen atoms in total. The van der Waals surface area contributed by atoms with Crippen molar-refractivity contribution in [2.45, 2.75) is 6.92 Å². The van der Waals surface area contributed by atoms with Crippen LogP contribution in [0.15, 0.2) is 40.9 Å². The molecule has 0 saturated heterocycles. The van der Waals surface area contributed by atoms with Crippen LogP contribution in [0.5, 0.6) is 5.75 Å². The topological polar surface area (TPSA) is 59.2 Å². The van der Waals surface area contributed by atoms with Gasteiger partial charge in [-0.15, -0.1) is 0 Å². The van der Waals surface area contributed by atoms with Gasteiger partial charge in [0.25, 0.3) is 5.89 Å². The highest BCUT2D eigenvalue weighted by Gasteiger charge is 2.16. The number of hydrogen-bond acceptors (Lipinski definition) is 4. The zero-order chi connectivity index (χ0) is 15.0. The van der Waals surface area contributed by atoms with E-state index in [4.69, 9.17) is 4.52 Å². The predicted molar refractivity (Wildman–Crippen MR) is 71.5 cm³/mol. The second-order valence-electron chi connectivity index (χ2n) is 4.54. The molecule has 0 radical (unpaired) electrons. The number of benzene rings is 2. The minimum atomic E-state index is -0.538. The van der Waals surface area contributed by atoms with Crippen LogP contribution in [0.3, 0.4) is 0 Å². The standard InChI is InChI=1S/C15H10F2N2O2/c1-8-2-3-9(16)6-11(8)14-18-15(21-19-14)12-7-10(17)4-5-13(12)20/h2-7,20H,1H3. The molecule has 0 saturated carbocycles. The van der Waals surface area contributed by atoms with Crippen molar-refractivity contribution in [2.75, 3.05) is 0 Å².